The molecule has 0 fully saturated rings. The third kappa shape index (κ3) is 135. The number of halogens is 3. The predicted octanol–water partition coefficient (Wildman–Crippen LogP) is 5.88. The van der Waals surface area contributed by atoms with Gasteiger partial charge in [-0.2, -0.15) is 5.26 Å². The van der Waals surface area contributed by atoms with Gasteiger partial charge >= 0.3 is 0 Å². The quantitative estimate of drug-likeness (QED) is 0.507. The maximum Gasteiger partial charge on any atom is 0.180 e. The molecule has 0 aliphatic heterocycles. The lowest BCUT2D eigenvalue weighted by Gasteiger charge is -1.86. The van der Waals surface area contributed by atoms with Crippen molar-refractivity contribution in [2.45, 2.75) is 70.5 Å². The Hall–Kier alpha value is 0.320. The smallest absolute Gasteiger partial charge is 0.180 e. The van der Waals surface area contributed by atoms with E-state index in [0.717, 1.165) is 12.8 Å². The summed E-state index contributed by atoms with van der Waals surface area (Å²) >= 11 is 14.4. The Balaban J connectivity index is -0.0000000750. The predicted molar refractivity (Wildman–Crippen MR) is 84.4 cm³/mol. The van der Waals surface area contributed by atoms with Gasteiger partial charge in [0.15, 0.2) is 4.30 Å². The van der Waals surface area contributed by atoms with E-state index in [9.17, 15) is 0 Å². The molecule has 0 aliphatic rings. The van der Waals surface area contributed by atoms with E-state index in [4.69, 9.17) is 45.2 Å². The summed E-state index contributed by atoms with van der Waals surface area (Å²) in [6.45, 7) is 8.29. The molecule has 0 radical (unpaired) electrons. The summed E-state index contributed by atoms with van der Waals surface area (Å²) in [5.41, 5.74) is 0. The van der Waals surface area contributed by atoms with Crippen molar-refractivity contribution in [1.29, 1.82) is 5.26 Å². The van der Waals surface area contributed by atoms with Gasteiger partial charge < -0.3 is 5.11 Å². The van der Waals surface area contributed by atoms with Crippen molar-refractivity contribution < 1.29 is 5.11 Å². The molecule has 0 aromatic rings. The van der Waals surface area contributed by atoms with Crippen LogP contribution in [-0.2, 0) is 0 Å². The summed E-state index contributed by atoms with van der Waals surface area (Å²) in [4.78, 5) is 0. The molecule has 5 heteroatoms. The molecule has 0 heterocycles. The number of aliphatic hydroxyl groups excluding tert-OH is 1. The molecular weight excluding hydrogens is 293 g/mol. The largest absolute Gasteiger partial charge is 0.396 e. The Morgan fingerprint density at radius 3 is 1.22 bits per heavy atom. The van der Waals surface area contributed by atoms with Crippen LogP contribution in [0.25, 0.3) is 0 Å². The second-order valence-corrected chi connectivity index (χ2v) is 5.23. The third-order valence-electron chi connectivity index (χ3n) is 1.47. The highest BCUT2D eigenvalue weighted by molar-refractivity contribution is 6.63. The van der Waals surface area contributed by atoms with Crippen LogP contribution in [0, 0.1) is 11.3 Å². The Bertz CT molecular complexity index is 130. The van der Waals surface area contributed by atoms with E-state index >= 15 is 0 Å². The molecule has 0 saturated carbocycles. The maximum absolute atomic E-state index is 8.07. The molecule has 18 heavy (non-hydrogen) atoms. The van der Waals surface area contributed by atoms with Gasteiger partial charge in [0.1, 0.15) is 0 Å². The van der Waals surface area contributed by atoms with E-state index in [1.807, 2.05) is 0 Å². The third-order valence-corrected chi connectivity index (χ3v) is 1.47. The van der Waals surface area contributed by atoms with Crippen LogP contribution in [0.3, 0.4) is 0 Å². The van der Waals surface area contributed by atoms with Crippen LogP contribution < -0.4 is 0 Å². The molecule has 1 N–H and O–H groups in total. The second kappa shape index (κ2) is 36.0. The van der Waals surface area contributed by atoms with Crippen LogP contribution >= 0.6 is 34.8 Å². The van der Waals surface area contributed by atoms with E-state index in [-0.39, 0.29) is 0 Å². The molecule has 0 bridgehead atoms. The first-order valence-corrected chi connectivity index (χ1v) is 7.63. The molecule has 0 aromatic heterocycles. The van der Waals surface area contributed by atoms with Crippen LogP contribution in [0.2, 0.25) is 0 Å². The summed E-state index contributed by atoms with van der Waals surface area (Å²) in [6, 6.07) is 1.75. The minimum atomic E-state index is -0.750. The van der Waals surface area contributed by atoms with Gasteiger partial charge in [-0.05, 0) is 6.42 Å². The molecule has 0 aliphatic carbocycles. The Morgan fingerprint density at radius 2 is 1.17 bits per heavy atom. The highest BCUT2D eigenvalue weighted by atomic mass is 35.6. The van der Waals surface area contributed by atoms with Crippen molar-refractivity contribution in [3.05, 3.63) is 0 Å². The van der Waals surface area contributed by atoms with Gasteiger partial charge in [-0.15, -0.1) is 0 Å². The van der Waals surface area contributed by atoms with E-state index in [1.165, 1.54) is 32.6 Å². The van der Waals surface area contributed by atoms with Crippen molar-refractivity contribution in [3.8, 4) is 6.07 Å². The minimum absolute atomic E-state index is 0.344. The fourth-order valence-electron chi connectivity index (χ4n) is 0.658. The first-order chi connectivity index (χ1) is 8.47. The number of alkyl halides is 3. The van der Waals surface area contributed by atoms with Gasteiger partial charge in [0, 0.05) is 13.5 Å². The lowest BCUT2D eigenvalue weighted by Crippen LogP contribution is -1.75. The van der Waals surface area contributed by atoms with Crippen LogP contribution in [0.15, 0.2) is 0 Å². The Morgan fingerprint density at radius 1 is 0.944 bits per heavy atom. The van der Waals surface area contributed by atoms with Crippen molar-refractivity contribution in [2.75, 3.05) is 6.61 Å². The van der Waals surface area contributed by atoms with Crippen molar-refractivity contribution in [1.82, 2.24) is 0 Å². The molecule has 0 aromatic carbocycles. The SMILES string of the molecule is CC#N.CCCCCC.CCCCO.ClC(Cl)Cl. The zero-order chi connectivity index (χ0) is 15.2. The summed E-state index contributed by atoms with van der Waals surface area (Å²) in [5, 5.41) is 15.4. The molecular formula is C13H28Cl3NO. The first kappa shape index (κ1) is 26.8. The summed E-state index contributed by atoms with van der Waals surface area (Å²) < 4.78 is -0.750. The van der Waals surface area contributed by atoms with Crippen LogP contribution in [0.5, 0.6) is 0 Å². The summed E-state index contributed by atoms with van der Waals surface area (Å²) in [7, 11) is 0. The van der Waals surface area contributed by atoms with Crippen LogP contribution in [0.4, 0.5) is 0 Å². The second-order valence-electron chi connectivity index (χ2n) is 3.26. The molecule has 0 unspecified atom stereocenters. The van der Waals surface area contributed by atoms with Crippen molar-refractivity contribution in [3.63, 3.8) is 0 Å². The van der Waals surface area contributed by atoms with Gasteiger partial charge in [0.25, 0.3) is 0 Å². The molecule has 2 nitrogen and oxygen atoms in total. The number of hydrogen-bond donors (Lipinski definition) is 1. The number of nitrogens with zero attached hydrogens (tertiary/aromatic N) is 1. The van der Waals surface area contributed by atoms with Crippen LogP contribution in [0.1, 0.15) is 66.2 Å². The van der Waals surface area contributed by atoms with E-state index in [0.29, 0.717) is 6.61 Å². The van der Waals surface area contributed by atoms with E-state index < -0.39 is 4.30 Å². The van der Waals surface area contributed by atoms with Gasteiger partial charge in [-0.25, -0.2) is 0 Å². The molecule has 0 amide bonds. The Labute approximate surface area is 128 Å². The lowest BCUT2D eigenvalue weighted by molar-refractivity contribution is 0.287. The van der Waals surface area contributed by atoms with Gasteiger partial charge in [-0.3, -0.25) is 0 Å². The van der Waals surface area contributed by atoms with E-state index in [1.54, 1.807) is 6.07 Å². The molecule has 0 spiro atoms. The highest BCUT2D eigenvalue weighted by Gasteiger charge is 1.79. The molecule has 0 atom stereocenters. The van der Waals surface area contributed by atoms with Gasteiger partial charge in [0.2, 0.25) is 0 Å². The minimum Gasteiger partial charge on any atom is -0.396 e. The topological polar surface area (TPSA) is 44.0 Å². The number of unbranched alkanes of at least 4 members (excludes halogenated alkanes) is 4. The maximum atomic E-state index is 8.07. The molecule has 112 valence electrons. The Kier molecular flexibility index (Phi) is 53.6. The van der Waals surface area contributed by atoms with Gasteiger partial charge in [-0.1, -0.05) is 87.7 Å². The standard InChI is InChI=1S/C6H14.C4H10O.C2H3N.CHCl3/c1-3-5-6-4-2;1-2-3-4-5;1-2-3;2-1(3)4/h3-6H2,1-2H3;5H,2-4H2,1H3;1H3;1H. The van der Waals surface area contributed by atoms with Crippen molar-refractivity contribution >= 4 is 34.8 Å². The van der Waals surface area contributed by atoms with Gasteiger partial charge in [0.05, 0.1) is 6.07 Å². The fraction of sp³-hybridized carbons (Fsp3) is 0.923. The number of hydrogen-bond acceptors (Lipinski definition) is 2. The monoisotopic (exact) mass is 319 g/mol. The lowest BCUT2D eigenvalue weighted by atomic mass is 10.2. The highest BCUT2D eigenvalue weighted by Crippen LogP contribution is 2.03. The average Bonchev–Trinajstić information content (AvgIpc) is 2.28. The number of aliphatic hydroxyl groups is 1. The molecule has 0 rings (SSSR count). The normalized spacial score (nSPS) is 7.78. The van der Waals surface area contributed by atoms with Crippen LogP contribution in [-0.4, -0.2) is 16.0 Å². The number of nitriles is 1. The number of rotatable bonds is 5. The first-order valence-electron chi connectivity index (χ1n) is 6.32. The zero-order valence-electron chi connectivity index (χ0n) is 12.1. The fourth-order valence-corrected chi connectivity index (χ4v) is 0.658. The van der Waals surface area contributed by atoms with E-state index in [2.05, 4.69) is 20.8 Å². The summed E-state index contributed by atoms with van der Waals surface area (Å²) in [6.07, 6.45) is 7.57. The zero-order valence-corrected chi connectivity index (χ0v) is 14.3. The average molecular weight is 321 g/mol. The van der Waals surface area contributed by atoms with Crippen molar-refractivity contribution in [2.24, 2.45) is 0 Å². The molecule has 0 saturated heterocycles. The summed E-state index contributed by atoms with van der Waals surface area (Å²) in [5.74, 6) is 0.